The lowest BCUT2D eigenvalue weighted by molar-refractivity contribution is -0.146. The predicted octanol–water partition coefficient (Wildman–Crippen LogP) is 1.17. The van der Waals surface area contributed by atoms with Gasteiger partial charge in [-0.15, -0.1) is 0 Å². The molecule has 1 aliphatic carbocycles. The summed E-state index contributed by atoms with van der Waals surface area (Å²) in [6, 6.07) is 0. The van der Waals surface area contributed by atoms with Gasteiger partial charge in [0.25, 0.3) is 0 Å². The number of hydrogen-bond acceptors (Lipinski definition) is 3. The molecule has 1 saturated carbocycles. The van der Waals surface area contributed by atoms with Crippen molar-refractivity contribution in [2.24, 2.45) is 11.8 Å². The van der Waals surface area contributed by atoms with Crippen molar-refractivity contribution in [3.05, 3.63) is 0 Å². The van der Waals surface area contributed by atoms with E-state index in [0.717, 1.165) is 25.9 Å². The normalized spacial score (nSPS) is 36.3. The molecule has 1 amide bonds. The van der Waals surface area contributed by atoms with Gasteiger partial charge in [-0.1, -0.05) is 6.42 Å². The van der Waals surface area contributed by atoms with Crippen LogP contribution in [-0.2, 0) is 14.3 Å². The van der Waals surface area contributed by atoms with E-state index in [2.05, 4.69) is 5.32 Å². The summed E-state index contributed by atoms with van der Waals surface area (Å²) < 4.78 is 5.39. The van der Waals surface area contributed by atoms with Gasteiger partial charge in [0.05, 0.1) is 24.0 Å². The molecule has 2 N–H and O–H groups in total. The molecule has 1 aliphatic heterocycles. The highest BCUT2D eigenvalue weighted by Crippen LogP contribution is 2.33. The highest BCUT2D eigenvalue weighted by atomic mass is 16.5. The minimum Gasteiger partial charge on any atom is -0.481 e. The molecule has 3 atom stereocenters. The lowest BCUT2D eigenvalue weighted by Crippen LogP contribution is -2.53. The van der Waals surface area contributed by atoms with Crippen LogP contribution in [0.1, 0.15) is 39.0 Å². The molecule has 0 aromatic rings. The van der Waals surface area contributed by atoms with E-state index in [1.807, 2.05) is 6.92 Å². The van der Waals surface area contributed by atoms with Crippen LogP contribution in [0.15, 0.2) is 0 Å². The second-order valence-corrected chi connectivity index (χ2v) is 5.69. The zero-order chi connectivity index (χ0) is 13.2. The summed E-state index contributed by atoms with van der Waals surface area (Å²) in [5.41, 5.74) is -0.332. The number of hydrogen-bond donors (Lipinski definition) is 2. The molecule has 2 aliphatic rings. The zero-order valence-electron chi connectivity index (χ0n) is 10.8. The van der Waals surface area contributed by atoms with Gasteiger partial charge in [-0.2, -0.15) is 0 Å². The van der Waals surface area contributed by atoms with Gasteiger partial charge in [0.2, 0.25) is 5.91 Å². The van der Waals surface area contributed by atoms with Gasteiger partial charge < -0.3 is 15.2 Å². The van der Waals surface area contributed by atoms with Crippen molar-refractivity contribution in [1.82, 2.24) is 5.32 Å². The van der Waals surface area contributed by atoms with Crippen LogP contribution in [0.2, 0.25) is 0 Å². The van der Waals surface area contributed by atoms with Gasteiger partial charge in [-0.05, 0) is 32.6 Å². The Hall–Kier alpha value is -1.10. The van der Waals surface area contributed by atoms with E-state index in [9.17, 15) is 9.59 Å². The van der Waals surface area contributed by atoms with E-state index in [-0.39, 0.29) is 17.4 Å². The lowest BCUT2D eigenvalue weighted by atomic mass is 9.91. The van der Waals surface area contributed by atoms with Crippen molar-refractivity contribution in [3.63, 3.8) is 0 Å². The van der Waals surface area contributed by atoms with Gasteiger partial charge >= 0.3 is 5.97 Å². The minimum atomic E-state index is -0.849. The Bertz CT molecular complexity index is 336. The van der Waals surface area contributed by atoms with E-state index < -0.39 is 11.9 Å². The largest absolute Gasteiger partial charge is 0.481 e. The topological polar surface area (TPSA) is 75.6 Å². The highest BCUT2D eigenvalue weighted by Gasteiger charge is 2.40. The number of nitrogens with one attached hydrogen (secondary N) is 1. The first kappa shape index (κ1) is 13.3. The van der Waals surface area contributed by atoms with E-state index >= 15 is 0 Å². The van der Waals surface area contributed by atoms with Crippen LogP contribution >= 0.6 is 0 Å². The third-order valence-electron chi connectivity index (χ3n) is 4.03. The van der Waals surface area contributed by atoms with Crippen LogP contribution in [0, 0.1) is 11.8 Å². The second kappa shape index (κ2) is 5.26. The van der Waals surface area contributed by atoms with Crippen molar-refractivity contribution in [2.75, 3.05) is 13.2 Å². The SMILES string of the molecule is CC1(NC(=O)[C@@H]2CCC[C@@H]2C(=O)O)CCCOC1. The first-order valence-corrected chi connectivity index (χ1v) is 6.64. The van der Waals surface area contributed by atoms with Gasteiger partial charge in [0.15, 0.2) is 0 Å². The first-order chi connectivity index (χ1) is 8.52. The first-order valence-electron chi connectivity index (χ1n) is 6.64. The van der Waals surface area contributed by atoms with Crippen LogP contribution in [0.3, 0.4) is 0 Å². The Balaban J connectivity index is 1.96. The van der Waals surface area contributed by atoms with Crippen molar-refractivity contribution < 1.29 is 19.4 Å². The second-order valence-electron chi connectivity index (χ2n) is 5.69. The molecule has 1 unspecified atom stereocenters. The van der Waals surface area contributed by atoms with Gasteiger partial charge in [0.1, 0.15) is 0 Å². The molecular weight excluding hydrogens is 234 g/mol. The maximum Gasteiger partial charge on any atom is 0.307 e. The van der Waals surface area contributed by atoms with Crippen LogP contribution in [0.5, 0.6) is 0 Å². The summed E-state index contributed by atoms with van der Waals surface area (Å²) in [7, 11) is 0. The summed E-state index contributed by atoms with van der Waals surface area (Å²) in [6.07, 6.45) is 3.94. The third kappa shape index (κ3) is 2.83. The summed E-state index contributed by atoms with van der Waals surface area (Å²) in [4.78, 5) is 23.3. The lowest BCUT2D eigenvalue weighted by Gasteiger charge is -2.35. The zero-order valence-corrected chi connectivity index (χ0v) is 10.8. The van der Waals surface area contributed by atoms with Gasteiger partial charge in [-0.3, -0.25) is 9.59 Å². The fourth-order valence-electron chi connectivity index (χ4n) is 2.99. The Morgan fingerprint density at radius 2 is 2.00 bits per heavy atom. The quantitative estimate of drug-likeness (QED) is 0.794. The van der Waals surface area contributed by atoms with Crippen molar-refractivity contribution in [1.29, 1.82) is 0 Å². The molecule has 2 fully saturated rings. The number of carbonyl (C=O) groups excluding carboxylic acids is 1. The third-order valence-corrected chi connectivity index (χ3v) is 4.03. The monoisotopic (exact) mass is 255 g/mol. The van der Waals surface area contributed by atoms with E-state index in [0.29, 0.717) is 19.4 Å². The molecule has 0 spiro atoms. The van der Waals surface area contributed by atoms with Crippen molar-refractivity contribution >= 4 is 11.9 Å². The highest BCUT2D eigenvalue weighted by molar-refractivity contribution is 5.85. The number of amides is 1. The maximum absolute atomic E-state index is 12.2. The molecule has 0 aromatic carbocycles. The average molecular weight is 255 g/mol. The molecule has 0 bridgehead atoms. The van der Waals surface area contributed by atoms with E-state index in [4.69, 9.17) is 9.84 Å². The number of carboxylic acids is 1. The Kier molecular flexibility index (Phi) is 3.90. The minimum absolute atomic E-state index is 0.118. The molecule has 18 heavy (non-hydrogen) atoms. The van der Waals surface area contributed by atoms with Crippen LogP contribution in [0.4, 0.5) is 0 Å². The molecule has 5 heteroatoms. The maximum atomic E-state index is 12.2. The number of aliphatic carboxylic acids is 1. The molecule has 5 nitrogen and oxygen atoms in total. The molecule has 1 heterocycles. The van der Waals surface area contributed by atoms with E-state index in [1.54, 1.807) is 0 Å². The Morgan fingerprint density at radius 3 is 2.61 bits per heavy atom. The van der Waals surface area contributed by atoms with Crippen molar-refractivity contribution in [2.45, 2.75) is 44.6 Å². The van der Waals surface area contributed by atoms with Crippen molar-refractivity contribution in [3.8, 4) is 0 Å². The summed E-state index contributed by atoms with van der Waals surface area (Å²) >= 11 is 0. The Labute approximate surface area is 107 Å². The predicted molar refractivity (Wildman–Crippen MR) is 65.1 cm³/mol. The summed E-state index contributed by atoms with van der Waals surface area (Å²) in [5.74, 6) is -1.86. The fourth-order valence-corrected chi connectivity index (χ4v) is 2.99. The van der Waals surface area contributed by atoms with Crippen LogP contribution in [0.25, 0.3) is 0 Å². The average Bonchev–Trinajstić information content (AvgIpc) is 2.78. The van der Waals surface area contributed by atoms with Gasteiger partial charge in [0, 0.05) is 6.61 Å². The molecule has 102 valence electrons. The molecular formula is C13H21NO4. The molecule has 0 aromatic heterocycles. The van der Waals surface area contributed by atoms with E-state index in [1.165, 1.54) is 0 Å². The number of carbonyl (C=O) groups is 2. The molecule has 1 saturated heterocycles. The van der Waals surface area contributed by atoms with Crippen LogP contribution < -0.4 is 5.32 Å². The molecule has 0 radical (unpaired) electrons. The summed E-state index contributed by atoms with van der Waals surface area (Å²) in [5, 5.41) is 12.1. The summed E-state index contributed by atoms with van der Waals surface area (Å²) in [6.45, 7) is 3.23. The number of carboxylic acid groups (broad SMARTS) is 1. The standard InChI is InChI=1S/C13H21NO4/c1-13(6-3-7-18-8-13)14-11(15)9-4-2-5-10(9)12(16)17/h9-10H,2-8H2,1H3,(H,14,15)(H,16,17)/t9-,10+,13?/m1/s1. The molecule has 2 rings (SSSR count). The smallest absolute Gasteiger partial charge is 0.307 e. The number of rotatable bonds is 3. The van der Waals surface area contributed by atoms with Crippen LogP contribution in [-0.4, -0.2) is 35.7 Å². The van der Waals surface area contributed by atoms with Gasteiger partial charge in [-0.25, -0.2) is 0 Å². The number of ether oxygens (including phenoxy) is 1. The Morgan fingerprint density at radius 1 is 1.28 bits per heavy atom. The fraction of sp³-hybridized carbons (Fsp3) is 0.846.